The van der Waals surface area contributed by atoms with Crippen molar-refractivity contribution in [2.45, 2.75) is 0 Å². The van der Waals surface area contributed by atoms with Crippen LogP contribution >= 0.6 is 0 Å². The quantitative estimate of drug-likeness (QED) is 0.304. The van der Waals surface area contributed by atoms with Gasteiger partial charge in [-0.1, -0.05) is 6.07 Å². The number of nitrogens with one attached hydrogen (secondary N) is 1. The Morgan fingerprint density at radius 3 is 2.86 bits per heavy atom. The second-order valence-corrected chi connectivity index (χ2v) is 2.31. The molecule has 1 aromatic rings. The van der Waals surface area contributed by atoms with Crippen LogP contribution in [0.1, 0.15) is 0 Å². The summed E-state index contributed by atoms with van der Waals surface area (Å²) in [6.45, 7) is 0. The average Bonchev–Trinajstić information content (AvgIpc) is 2.13. The molecule has 0 spiro atoms. The van der Waals surface area contributed by atoms with E-state index in [1.54, 1.807) is 0 Å². The van der Waals surface area contributed by atoms with Crippen molar-refractivity contribution in [1.29, 1.82) is 5.26 Å². The molecule has 0 amide bonds. The Labute approximate surface area is 78.7 Å². The van der Waals surface area contributed by atoms with Crippen molar-refractivity contribution < 1.29 is 8.78 Å². The first-order valence-corrected chi connectivity index (χ1v) is 3.58. The first-order valence-electron chi connectivity index (χ1n) is 3.58. The van der Waals surface area contributed by atoms with E-state index in [4.69, 9.17) is 11.0 Å². The number of hydrogen-bond acceptors (Lipinski definition) is 2. The van der Waals surface area contributed by atoms with Crippen LogP contribution in [0.25, 0.3) is 0 Å². The highest BCUT2D eigenvalue weighted by Gasteiger charge is 2.06. The maximum atomic E-state index is 13.0. The van der Waals surface area contributed by atoms with E-state index in [-0.39, 0.29) is 11.6 Å². The van der Waals surface area contributed by atoms with Gasteiger partial charge in [0.05, 0.1) is 0 Å². The number of hydrogen-bond donors (Lipinski definition) is 2. The molecule has 1 rings (SSSR count). The van der Waals surface area contributed by atoms with E-state index in [0.29, 0.717) is 0 Å². The number of nitriles is 1. The Morgan fingerprint density at radius 2 is 2.21 bits per heavy atom. The van der Waals surface area contributed by atoms with Crippen LogP contribution in [0.4, 0.5) is 14.5 Å². The fourth-order valence-electron chi connectivity index (χ4n) is 0.794. The van der Waals surface area contributed by atoms with Crippen LogP contribution in [-0.2, 0) is 0 Å². The van der Waals surface area contributed by atoms with Gasteiger partial charge in [0.15, 0.2) is 17.8 Å². The van der Waals surface area contributed by atoms with Crippen LogP contribution < -0.4 is 11.1 Å². The summed E-state index contributed by atoms with van der Waals surface area (Å²) in [5, 5.41) is 10.1. The van der Waals surface area contributed by atoms with Crippen molar-refractivity contribution in [2.75, 3.05) is 0 Å². The highest BCUT2D eigenvalue weighted by Crippen LogP contribution is 2.19. The smallest absolute Gasteiger partial charge is 0.207 e. The van der Waals surface area contributed by atoms with Gasteiger partial charge in [-0.25, -0.2) is 13.8 Å². The van der Waals surface area contributed by atoms with E-state index in [1.165, 1.54) is 18.3 Å². The molecule has 0 heterocycles. The molecule has 0 saturated carbocycles. The molecular weight excluding hydrogens is 190 g/mol. The zero-order valence-electron chi connectivity index (χ0n) is 6.96. The summed E-state index contributed by atoms with van der Waals surface area (Å²) in [7, 11) is 0. The summed E-state index contributed by atoms with van der Waals surface area (Å²) in [5.74, 6) is -2.41. The second kappa shape index (κ2) is 4.18. The first-order chi connectivity index (χ1) is 6.65. The molecule has 0 radical (unpaired) electrons. The van der Waals surface area contributed by atoms with Crippen LogP contribution in [0.3, 0.4) is 0 Å². The third-order valence-corrected chi connectivity index (χ3v) is 1.36. The minimum Gasteiger partial charge on any atom is -0.369 e. The summed E-state index contributed by atoms with van der Waals surface area (Å²) < 4.78 is 25.6. The predicted molar refractivity (Wildman–Crippen MR) is 46.4 cm³/mol. The second-order valence-electron chi connectivity index (χ2n) is 2.31. The highest BCUT2D eigenvalue weighted by molar-refractivity contribution is 5.82. The lowest BCUT2D eigenvalue weighted by Gasteiger charge is -1.99. The molecule has 0 aromatic heterocycles. The third kappa shape index (κ3) is 2.17. The average molecular weight is 196 g/mol. The van der Waals surface area contributed by atoms with Crippen LogP contribution in [0.5, 0.6) is 0 Å². The van der Waals surface area contributed by atoms with Crippen molar-refractivity contribution in [1.82, 2.24) is 5.32 Å². The number of rotatable bonds is 1. The number of halogens is 2. The Kier molecular flexibility index (Phi) is 2.97. The highest BCUT2D eigenvalue weighted by atomic mass is 19.2. The lowest BCUT2D eigenvalue weighted by atomic mass is 10.3. The Morgan fingerprint density at radius 1 is 1.50 bits per heavy atom. The topological polar surface area (TPSA) is 74.2 Å². The standard InChI is InChI=1S/C8H6F2N4/c9-5-2-1-3-6(7(5)10)14-8(12)13-4-11/h1-3H,(H3,12,13,14). The van der Waals surface area contributed by atoms with E-state index in [0.717, 1.165) is 6.07 Å². The van der Waals surface area contributed by atoms with E-state index in [2.05, 4.69) is 4.99 Å². The fourth-order valence-corrected chi connectivity index (χ4v) is 0.794. The molecule has 0 aliphatic rings. The van der Waals surface area contributed by atoms with Gasteiger partial charge in [-0.15, -0.1) is 0 Å². The number of guanidine groups is 1. The molecule has 6 heteroatoms. The van der Waals surface area contributed by atoms with Gasteiger partial charge < -0.3 is 5.73 Å². The Bertz CT molecular complexity index is 408. The van der Waals surface area contributed by atoms with Crippen LogP contribution in [0.15, 0.2) is 23.2 Å². The summed E-state index contributed by atoms with van der Waals surface area (Å²) in [5.41, 5.74) is 4.90. The zero-order valence-corrected chi connectivity index (χ0v) is 6.96. The van der Waals surface area contributed by atoms with E-state index >= 15 is 0 Å². The molecule has 0 aliphatic carbocycles. The molecule has 0 aliphatic heterocycles. The van der Waals surface area contributed by atoms with E-state index in [9.17, 15) is 8.78 Å². The molecule has 4 nitrogen and oxygen atoms in total. The molecule has 14 heavy (non-hydrogen) atoms. The monoisotopic (exact) mass is 196 g/mol. The minimum absolute atomic E-state index is 0.259. The molecule has 0 atom stereocenters. The maximum absolute atomic E-state index is 13.0. The summed E-state index contributed by atoms with van der Waals surface area (Å²) in [6, 6.07) is 3.49. The number of nitrogens with two attached hydrogens (primary N) is 1. The molecule has 0 unspecified atom stereocenters. The van der Waals surface area contributed by atoms with Gasteiger partial charge in [0, 0.05) is 0 Å². The maximum Gasteiger partial charge on any atom is 0.207 e. The van der Waals surface area contributed by atoms with Crippen molar-refractivity contribution >= 4 is 11.6 Å². The number of aliphatic imine (C=N–C) groups is 1. The molecule has 0 bridgehead atoms. The molecule has 1 aromatic carbocycles. The molecule has 72 valence electrons. The van der Waals surface area contributed by atoms with Crippen molar-refractivity contribution in [3.8, 4) is 6.19 Å². The van der Waals surface area contributed by atoms with Gasteiger partial charge in [-0.3, -0.25) is 5.32 Å². The third-order valence-electron chi connectivity index (χ3n) is 1.36. The fraction of sp³-hybridized carbons (Fsp3) is 0. The summed E-state index contributed by atoms with van der Waals surface area (Å²) in [6.07, 6.45) is 1.50. The van der Waals surface area contributed by atoms with E-state index in [1.807, 2.05) is 5.32 Å². The minimum atomic E-state index is -1.10. The molecule has 3 N–H and O–H groups in total. The predicted octanol–water partition coefficient (Wildman–Crippen LogP) is 0.982. The van der Waals surface area contributed by atoms with Crippen molar-refractivity contribution in [3.63, 3.8) is 0 Å². The SMILES string of the molecule is N#CNC(N)=Nc1cccc(F)c1F. The molecule has 0 saturated heterocycles. The van der Waals surface area contributed by atoms with Crippen molar-refractivity contribution in [3.05, 3.63) is 29.8 Å². The first kappa shape index (κ1) is 9.92. The Hall–Kier alpha value is -2.16. The number of nitrogens with zero attached hydrogens (tertiary/aromatic N) is 2. The van der Waals surface area contributed by atoms with Gasteiger partial charge in [0.25, 0.3) is 0 Å². The van der Waals surface area contributed by atoms with Gasteiger partial charge in [0.2, 0.25) is 5.96 Å². The lowest BCUT2D eigenvalue weighted by Crippen LogP contribution is -2.26. The van der Waals surface area contributed by atoms with Crippen LogP contribution in [0, 0.1) is 23.1 Å². The van der Waals surface area contributed by atoms with Gasteiger partial charge >= 0.3 is 0 Å². The van der Waals surface area contributed by atoms with Crippen LogP contribution in [0.2, 0.25) is 0 Å². The van der Waals surface area contributed by atoms with Gasteiger partial charge in [-0.2, -0.15) is 5.26 Å². The summed E-state index contributed by atoms with van der Waals surface area (Å²) in [4.78, 5) is 3.45. The normalized spacial score (nSPS) is 10.8. The molecule has 0 fully saturated rings. The lowest BCUT2D eigenvalue weighted by molar-refractivity contribution is 0.510. The summed E-state index contributed by atoms with van der Waals surface area (Å²) >= 11 is 0. The largest absolute Gasteiger partial charge is 0.369 e. The Balaban J connectivity index is 3.04. The molecular formula is C8H6F2N4. The zero-order chi connectivity index (χ0) is 10.6. The van der Waals surface area contributed by atoms with Crippen LogP contribution in [-0.4, -0.2) is 5.96 Å². The van der Waals surface area contributed by atoms with Gasteiger partial charge in [-0.05, 0) is 12.1 Å². The van der Waals surface area contributed by atoms with Gasteiger partial charge in [0.1, 0.15) is 5.69 Å². The van der Waals surface area contributed by atoms with Crippen molar-refractivity contribution in [2.24, 2.45) is 10.7 Å². The number of benzene rings is 1. The van der Waals surface area contributed by atoms with E-state index < -0.39 is 11.6 Å².